The topological polar surface area (TPSA) is 128 Å². The van der Waals surface area contributed by atoms with E-state index in [1.54, 1.807) is 4.90 Å². The Morgan fingerprint density at radius 1 is 1.12 bits per heavy atom. The van der Waals surface area contributed by atoms with Gasteiger partial charge in [-0.25, -0.2) is 4.79 Å². The number of urea groups is 1. The maximum atomic E-state index is 13.6. The predicted molar refractivity (Wildman–Crippen MR) is 132 cm³/mol. The molecule has 9 nitrogen and oxygen atoms in total. The molecule has 1 aromatic heterocycles. The van der Waals surface area contributed by atoms with E-state index in [1.165, 1.54) is 11.3 Å². The van der Waals surface area contributed by atoms with E-state index in [9.17, 15) is 24.3 Å². The van der Waals surface area contributed by atoms with Gasteiger partial charge in [0.25, 0.3) is 5.91 Å². The first-order chi connectivity index (χ1) is 16.1. The third kappa shape index (κ3) is 6.05. The van der Waals surface area contributed by atoms with E-state index in [2.05, 4.69) is 16.0 Å². The summed E-state index contributed by atoms with van der Waals surface area (Å²) >= 11 is 1.34. The van der Waals surface area contributed by atoms with Crippen LogP contribution in [0.1, 0.15) is 56.8 Å². The zero-order chi connectivity index (χ0) is 24.9. The number of anilines is 1. The van der Waals surface area contributed by atoms with Gasteiger partial charge in [-0.15, -0.1) is 11.3 Å². The molecule has 2 heterocycles. The van der Waals surface area contributed by atoms with Crippen LogP contribution in [0.3, 0.4) is 0 Å². The Labute approximate surface area is 202 Å². The molecule has 1 aliphatic heterocycles. The molecule has 0 unspecified atom stereocenters. The molecule has 1 aliphatic rings. The normalized spacial score (nSPS) is 15.2. The largest absolute Gasteiger partial charge is 0.481 e. The molecule has 1 saturated heterocycles. The number of carboxylic acids is 1. The highest BCUT2D eigenvalue weighted by atomic mass is 32.1. The van der Waals surface area contributed by atoms with Crippen LogP contribution in [0.15, 0.2) is 24.3 Å². The van der Waals surface area contributed by atoms with E-state index < -0.39 is 11.4 Å². The van der Waals surface area contributed by atoms with Crippen LogP contribution in [0, 0.1) is 5.41 Å². The summed E-state index contributed by atoms with van der Waals surface area (Å²) in [5, 5.41) is 19.0. The van der Waals surface area contributed by atoms with Crippen LogP contribution in [0.25, 0.3) is 10.1 Å². The summed E-state index contributed by atoms with van der Waals surface area (Å²) < 4.78 is 0.889. The number of thiophene rings is 1. The van der Waals surface area contributed by atoms with Gasteiger partial charge in [0.2, 0.25) is 5.91 Å². The lowest BCUT2D eigenvalue weighted by Crippen LogP contribution is -2.46. The molecule has 0 atom stereocenters. The Balaban J connectivity index is 1.82. The highest BCUT2D eigenvalue weighted by Crippen LogP contribution is 2.41. The number of fused-ring (bicyclic) bond motifs is 1. The Morgan fingerprint density at radius 3 is 2.41 bits per heavy atom. The molecular formula is C24H32N4O5S. The minimum atomic E-state index is -0.950. The zero-order valence-electron chi connectivity index (χ0n) is 19.8. The molecule has 1 aromatic carbocycles. The first-order valence-corrected chi connectivity index (χ1v) is 12.3. The van der Waals surface area contributed by atoms with Gasteiger partial charge in [-0.3, -0.25) is 19.7 Å². The van der Waals surface area contributed by atoms with Gasteiger partial charge in [0.05, 0.1) is 12.0 Å². The van der Waals surface area contributed by atoms with Crippen LogP contribution in [0.4, 0.5) is 9.80 Å². The molecule has 184 valence electrons. The number of rotatable bonds is 8. The molecule has 0 bridgehead atoms. The molecule has 34 heavy (non-hydrogen) atoms. The van der Waals surface area contributed by atoms with E-state index in [1.807, 2.05) is 45.0 Å². The van der Waals surface area contributed by atoms with E-state index in [0.717, 1.165) is 10.1 Å². The number of aliphatic carboxylic acids is 1. The van der Waals surface area contributed by atoms with Crippen molar-refractivity contribution < 1.29 is 24.3 Å². The molecule has 4 N–H and O–H groups in total. The Kier molecular flexibility index (Phi) is 8.14. The molecule has 0 saturated carbocycles. The van der Waals surface area contributed by atoms with Crippen molar-refractivity contribution >= 4 is 50.2 Å². The number of carboxylic acid groups (broad SMARTS) is 1. The maximum Gasteiger partial charge on any atom is 0.319 e. The molecule has 0 aliphatic carbocycles. The van der Waals surface area contributed by atoms with Crippen molar-refractivity contribution in [3.8, 4) is 0 Å². The average Bonchev–Trinajstić information content (AvgIpc) is 3.10. The lowest BCUT2D eigenvalue weighted by Gasteiger charge is -2.41. The van der Waals surface area contributed by atoms with E-state index in [0.29, 0.717) is 43.0 Å². The molecule has 0 spiro atoms. The predicted octanol–water partition coefficient (Wildman–Crippen LogP) is 3.65. The van der Waals surface area contributed by atoms with Crippen LogP contribution in [-0.4, -0.2) is 59.5 Å². The monoisotopic (exact) mass is 488 g/mol. The molecule has 1 fully saturated rings. The highest BCUT2D eigenvalue weighted by Gasteiger charge is 2.40. The summed E-state index contributed by atoms with van der Waals surface area (Å²) in [6.45, 7) is 6.68. The van der Waals surface area contributed by atoms with Crippen molar-refractivity contribution in [1.82, 2.24) is 15.5 Å². The standard InChI is InChI=1S/C24H32N4O5S/c1-4-25-23(33)27-21-20(16-7-5-6-8-17(16)34-21)22(32)28-11-9-24(10-12-28,14-19(30)31)13-18(29)26-15(2)3/h5-8,15H,4,9-14H2,1-3H3,(H,26,29)(H,30,31)(H2,25,27,33). The Bertz CT molecular complexity index is 1070. The molecule has 10 heteroatoms. The second kappa shape index (κ2) is 10.9. The van der Waals surface area contributed by atoms with Crippen molar-refractivity contribution in [1.29, 1.82) is 0 Å². The van der Waals surface area contributed by atoms with Crippen LogP contribution in [0.2, 0.25) is 0 Å². The van der Waals surface area contributed by atoms with Gasteiger partial charge in [0, 0.05) is 42.2 Å². The number of hydrogen-bond donors (Lipinski definition) is 4. The lowest BCUT2D eigenvalue weighted by molar-refractivity contribution is -0.141. The summed E-state index contributed by atoms with van der Waals surface area (Å²) in [5.41, 5.74) is -0.254. The summed E-state index contributed by atoms with van der Waals surface area (Å²) in [6.07, 6.45) is 0.826. The summed E-state index contributed by atoms with van der Waals surface area (Å²) in [4.78, 5) is 51.5. The number of hydrogen-bond acceptors (Lipinski definition) is 5. The lowest BCUT2D eigenvalue weighted by atomic mass is 9.72. The third-order valence-electron chi connectivity index (χ3n) is 6.00. The number of benzene rings is 1. The molecular weight excluding hydrogens is 456 g/mol. The quantitative estimate of drug-likeness (QED) is 0.451. The first-order valence-electron chi connectivity index (χ1n) is 11.5. The SMILES string of the molecule is CCNC(=O)Nc1sc2ccccc2c1C(=O)N1CCC(CC(=O)O)(CC(=O)NC(C)C)CC1. The van der Waals surface area contributed by atoms with Crippen molar-refractivity contribution in [2.75, 3.05) is 25.0 Å². The van der Waals surface area contributed by atoms with Crippen LogP contribution in [-0.2, 0) is 9.59 Å². The van der Waals surface area contributed by atoms with Crippen LogP contribution < -0.4 is 16.0 Å². The van der Waals surface area contributed by atoms with Crippen molar-refractivity contribution in [3.05, 3.63) is 29.8 Å². The fraction of sp³-hybridized carbons (Fsp3) is 0.500. The minimum Gasteiger partial charge on any atom is -0.481 e. The minimum absolute atomic E-state index is 0.0289. The van der Waals surface area contributed by atoms with Gasteiger partial charge >= 0.3 is 12.0 Å². The van der Waals surface area contributed by atoms with Gasteiger partial charge in [-0.05, 0) is 45.1 Å². The van der Waals surface area contributed by atoms with Crippen LogP contribution >= 0.6 is 11.3 Å². The number of carbonyl (C=O) groups is 4. The van der Waals surface area contributed by atoms with Gasteiger partial charge in [0.15, 0.2) is 0 Å². The molecule has 3 rings (SSSR count). The fourth-order valence-electron chi connectivity index (χ4n) is 4.45. The summed E-state index contributed by atoms with van der Waals surface area (Å²) in [7, 11) is 0. The fourth-order valence-corrected chi connectivity index (χ4v) is 5.54. The Morgan fingerprint density at radius 2 is 1.79 bits per heavy atom. The molecule has 2 aromatic rings. The van der Waals surface area contributed by atoms with Crippen molar-refractivity contribution in [3.63, 3.8) is 0 Å². The van der Waals surface area contributed by atoms with Gasteiger partial charge < -0.3 is 20.6 Å². The average molecular weight is 489 g/mol. The number of amides is 4. The van der Waals surface area contributed by atoms with E-state index in [-0.39, 0.29) is 36.7 Å². The van der Waals surface area contributed by atoms with Crippen molar-refractivity contribution in [2.45, 2.75) is 52.5 Å². The van der Waals surface area contributed by atoms with Gasteiger partial charge in [-0.1, -0.05) is 18.2 Å². The molecule has 0 radical (unpaired) electrons. The second-order valence-corrected chi connectivity index (χ2v) is 10.1. The van der Waals surface area contributed by atoms with E-state index >= 15 is 0 Å². The summed E-state index contributed by atoms with van der Waals surface area (Å²) in [6, 6.07) is 7.09. The highest BCUT2D eigenvalue weighted by molar-refractivity contribution is 7.23. The number of likely N-dealkylation sites (tertiary alicyclic amines) is 1. The Hall–Kier alpha value is -3.14. The number of carbonyl (C=O) groups excluding carboxylic acids is 3. The zero-order valence-corrected chi connectivity index (χ0v) is 20.6. The first kappa shape index (κ1) is 25.5. The van der Waals surface area contributed by atoms with Crippen molar-refractivity contribution in [2.24, 2.45) is 5.41 Å². The molecule has 4 amide bonds. The maximum absolute atomic E-state index is 13.6. The van der Waals surface area contributed by atoms with Gasteiger partial charge in [0.1, 0.15) is 5.00 Å². The number of nitrogens with one attached hydrogen (secondary N) is 3. The third-order valence-corrected chi connectivity index (χ3v) is 7.08. The smallest absolute Gasteiger partial charge is 0.319 e. The van der Waals surface area contributed by atoms with Crippen LogP contribution in [0.5, 0.6) is 0 Å². The summed E-state index contributed by atoms with van der Waals surface area (Å²) in [5.74, 6) is -1.33. The second-order valence-electron chi connectivity index (χ2n) is 9.05. The van der Waals surface area contributed by atoms with Gasteiger partial charge in [-0.2, -0.15) is 0 Å². The number of nitrogens with zero attached hydrogens (tertiary/aromatic N) is 1. The van der Waals surface area contributed by atoms with E-state index in [4.69, 9.17) is 0 Å². The number of piperidine rings is 1.